The lowest BCUT2D eigenvalue weighted by Crippen LogP contribution is -2.39. The molecule has 0 radical (unpaired) electrons. The van der Waals surface area contributed by atoms with E-state index in [1.54, 1.807) is 0 Å². The van der Waals surface area contributed by atoms with Crippen LogP contribution in [0.25, 0.3) is 0 Å². The molecule has 1 unspecified atom stereocenters. The van der Waals surface area contributed by atoms with Gasteiger partial charge in [0.15, 0.2) is 10.3 Å². The van der Waals surface area contributed by atoms with E-state index in [1.165, 1.54) is 0 Å². The van der Waals surface area contributed by atoms with Gasteiger partial charge in [0.2, 0.25) is 11.8 Å². The number of amides is 2. The minimum atomic E-state index is -1.08. The normalized spacial score (nSPS) is 11.9. The number of rotatable bonds is 4. The van der Waals surface area contributed by atoms with E-state index in [1.807, 2.05) is 0 Å². The standard InChI is InChI=1S/C8H9Cl2N5O2/c9-6-5(7(10)14-2-13-6)15-8(17)3(11)1-4(12)16/h2-3H,1,11H2,(H2,12,16)(H,15,17). The van der Waals surface area contributed by atoms with Crippen molar-refractivity contribution in [3.63, 3.8) is 0 Å². The number of nitrogens with zero attached hydrogens (tertiary/aromatic N) is 2. The quantitative estimate of drug-likeness (QED) is 0.665. The molecule has 92 valence electrons. The molecule has 5 N–H and O–H groups in total. The van der Waals surface area contributed by atoms with Crippen LogP contribution >= 0.6 is 23.2 Å². The third-order valence-electron chi connectivity index (χ3n) is 1.76. The second kappa shape index (κ2) is 5.76. The molecule has 1 aromatic heterocycles. The SMILES string of the molecule is NC(=O)CC(N)C(=O)Nc1c(Cl)ncnc1Cl. The number of nitrogens with one attached hydrogen (secondary N) is 1. The van der Waals surface area contributed by atoms with Gasteiger partial charge in [0, 0.05) is 0 Å². The van der Waals surface area contributed by atoms with Crippen molar-refractivity contribution in [1.29, 1.82) is 0 Å². The van der Waals surface area contributed by atoms with Crippen molar-refractivity contribution in [2.75, 3.05) is 5.32 Å². The monoisotopic (exact) mass is 277 g/mol. The van der Waals surface area contributed by atoms with Gasteiger partial charge in [-0.05, 0) is 0 Å². The van der Waals surface area contributed by atoms with Gasteiger partial charge >= 0.3 is 0 Å². The highest BCUT2D eigenvalue weighted by atomic mass is 35.5. The highest BCUT2D eigenvalue weighted by Crippen LogP contribution is 2.25. The fourth-order valence-electron chi connectivity index (χ4n) is 0.973. The van der Waals surface area contributed by atoms with Crippen LogP contribution in [0.4, 0.5) is 5.69 Å². The van der Waals surface area contributed by atoms with Gasteiger partial charge in [0.05, 0.1) is 12.5 Å². The van der Waals surface area contributed by atoms with E-state index in [-0.39, 0.29) is 22.4 Å². The van der Waals surface area contributed by atoms with Gasteiger partial charge in [0.25, 0.3) is 0 Å². The smallest absolute Gasteiger partial charge is 0.241 e. The van der Waals surface area contributed by atoms with E-state index in [2.05, 4.69) is 15.3 Å². The van der Waals surface area contributed by atoms with Crippen molar-refractivity contribution in [2.45, 2.75) is 12.5 Å². The fraction of sp³-hybridized carbons (Fsp3) is 0.250. The number of primary amides is 1. The van der Waals surface area contributed by atoms with Crippen molar-refractivity contribution in [1.82, 2.24) is 9.97 Å². The lowest BCUT2D eigenvalue weighted by molar-refractivity contribution is -0.123. The summed E-state index contributed by atoms with van der Waals surface area (Å²) in [5, 5.41) is 2.28. The lowest BCUT2D eigenvalue weighted by Gasteiger charge is -2.11. The third-order valence-corrected chi connectivity index (χ3v) is 2.33. The molecule has 0 aliphatic carbocycles. The number of halogens is 2. The van der Waals surface area contributed by atoms with E-state index in [0.717, 1.165) is 6.33 Å². The molecule has 0 fully saturated rings. The number of anilines is 1. The number of hydrogen-bond donors (Lipinski definition) is 3. The van der Waals surface area contributed by atoms with Gasteiger partial charge in [-0.3, -0.25) is 9.59 Å². The van der Waals surface area contributed by atoms with Crippen LogP contribution in [0.15, 0.2) is 6.33 Å². The van der Waals surface area contributed by atoms with Gasteiger partial charge in [-0.15, -0.1) is 0 Å². The first-order chi connectivity index (χ1) is 7.91. The maximum Gasteiger partial charge on any atom is 0.241 e. The molecular formula is C8H9Cl2N5O2. The summed E-state index contributed by atoms with van der Waals surface area (Å²) in [5.74, 6) is -1.34. The molecule has 0 aromatic carbocycles. The molecule has 2 amide bonds. The summed E-state index contributed by atoms with van der Waals surface area (Å²) < 4.78 is 0. The van der Waals surface area contributed by atoms with E-state index in [4.69, 9.17) is 34.7 Å². The molecule has 17 heavy (non-hydrogen) atoms. The largest absolute Gasteiger partial charge is 0.370 e. The average Bonchev–Trinajstić information content (AvgIpc) is 2.22. The highest BCUT2D eigenvalue weighted by Gasteiger charge is 2.19. The van der Waals surface area contributed by atoms with Crippen LogP contribution in [0.5, 0.6) is 0 Å². The zero-order chi connectivity index (χ0) is 13.0. The summed E-state index contributed by atoms with van der Waals surface area (Å²) >= 11 is 11.4. The second-order valence-corrected chi connectivity index (χ2v) is 3.81. The average molecular weight is 278 g/mol. The number of hydrogen-bond acceptors (Lipinski definition) is 5. The number of carbonyl (C=O) groups is 2. The Kier molecular flexibility index (Phi) is 4.62. The molecule has 0 spiro atoms. The predicted molar refractivity (Wildman–Crippen MR) is 62.5 cm³/mol. The van der Waals surface area contributed by atoms with E-state index in [0.29, 0.717) is 0 Å². The Morgan fingerprint density at radius 2 is 1.88 bits per heavy atom. The zero-order valence-corrected chi connectivity index (χ0v) is 10.00. The van der Waals surface area contributed by atoms with Gasteiger partial charge in [-0.1, -0.05) is 23.2 Å². The summed E-state index contributed by atoms with van der Waals surface area (Å²) in [5.41, 5.74) is 10.4. The van der Waals surface area contributed by atoms with E-state index < -0.39 is 17.9 Å². The first kappa shape index (κ1) is 13.6. The summed E-state index contributed by atoms with van der Waals surface area (Å²) in [7, 11) is 0. The summed E-state index contributed by atoms with van der Waals surface area (Å²) in [6.45, 7) is 0. The Labute approximate surface area is 106 Å². The Bertz CT molecular complexity index is 433. The topological polar surface area (TPSA) is 124 Å². The number of aromatic nitrogens is 2. The molecule has 0 aliphatic rings. The highest BCUT2D eigenvalue weighted by molar-refractivity contribution is 6.38. The molecule has 7 nitrogen and oxygen atoms in total. The molecule has 0 aliphatic heterocycles. The molecule has 1 rings (SSSR count). The fourth-order valence-corrected chi connectivity index (χ4v) is 1.38. The maximum absolute atomic E-state index is 11.5. The summed E-state index contributed by atoms with van der Waals surface area (Å²) in [6.07, 6.45) is 0.860. The first-order valence-electron chi connectivity index (χ1n) is 4.42. The molecule has 9 heteroatoms. The Hall–Kier alpha value is -1.44. The minimum absolute atomic E-state index is 0.0235. The Morgan fingerprint density at radius 1 is 1.35 bits per heavy atom. The van der Waals surface area contributed by atoms with Gasteiger partial charge in [0.1, 0.15) is 12.0 Å². The van der Waals surface area contributed by atoms with Crippen LogP contribution in [0.1, 0.15) is 6.42 Å². The van der Waals surface area contributed by atoms with Crippen molar-refractivity contribution < 1.29 is 9.59 Å². The number of carbonyl (C=O) groups excluding carboxylic acids is 2. The van der Waals surface area contributed by atoms with Gasteiger partial charge < -0.3 is 16.8 Å². The maximum atomic E-state index is 11.5. The Morgan fingerprint density at radius 3 is 2.35 bits per heavy atom. The number of nitrogens with two attached hydrogens (primary N) is 2. The second-order valence-electron chi connectivity index (χ2n) is 3.10. The molecule has 1 heterocycles. The van der Waals surface area contributed by atoms with E-state index in [9.17, 15) is 9.59 Å². The molecule has 1 atom stereocenters. The molecular weight excluding hydrogens is 269 g/mol. The first-order valence-corrected chi connectivity index (χ1v) is 5.18. The zero-order valence-electron chi connectivity index (χ0n) is 8.48. The van der Waals surface area contributed by atoms with Gasteiger partial charge in [-0.25, -0.2) is 9.97 Å². The predicted octanol–water partition coefficient (Wildman–Crippen LogP) is -0.0754. The molecule has 1 aromatic rings. The van der Waals surface area contributed by atoms with Crippen LogP contribution in [0.2, 0.25) is 10.3 Å². The van der Waals surface area contributed by atoms with Crippen molar-refractivity contribution in [3.05, 3.63) is 16.6 Å². The molecule has 0 saturated heterocycles. The van der Waals surface area contributed by atoms with Crippen LogP contribution in [-0.2, 0) is 9.59 Å². The van der Waals surface area contributed by atoms with Crippen LogP contribution in [0, 0.1) is 0 Å². The minimum Gasteiger partial charge on any atom is -0.370 e. The van der Waals surface area contributed by atoms with Crippen molar-refractivity contribution >= 4 is 40.7 Å². The van der Waals surface area contributed by atoms with E-state index >= 15 is 0 Å². The van der Waals surface area contributed by atoms with Crippen LogP contribution < -0.4 is 16.8 Å². The summed E-state index contributed by atoms with van der Waals surface area (Å²) in [6, 6.07) is -1.08. The van der Waals surface area contributed by atoms with Crippen LogP contribution in [-0.4, -0.2) is 27.8 Å². The van der Waals surface area contributed by atoms with Crippen LogP contribution in [0.3, 0.4) is 0 Å². The third kappa shape index (κ3) is 3.81. The molecule has 0 bridgehead atoms. The summed E-state index contributed by atoms with van der Waals surface area (Å²) in [4.78, 5) is 29.4. The van der Waals surface area contributed by atoms with Crippen molar-refractivity contribution in [2.24, 2.45) is 11.5 Å². The van der Waals surface area contributed by atoms with Crippen molar-refractivity contribution in [3.8, 4) is 0 Å². The van der Waals surface area contributed by atoms with Gasteiger partial charge in [-0.2, -0.15) is 0 Å². The molecule has 0 saturated carbocycles. The lowest BCUT2D eigenvalue weighted by atomic mass is 10.2. The Balaban J connectivity index is 2.78.